The van der Waals surface area contributed by atoms with Gasteiger partial charge in [0.15, 0.2) is 0 Å². The maximum atomic E-state index is 12.3. The minimum absolute atomic E-state index is 0.0126. The first-order chi connectivity index (χ1) is 11.5. The molecule has 0 aromatic carbocycles. The molecule has 6 heteroatoms. The number of aromatic nitrogens is 2. The molecule has 1 aromatic rings. The van der Waals surface area contributed by atoms with Gasteiger partial charge in [0.2, 0.25) is 11.8 Å². The Labute approximate surface area is 143 Å². The van der Waals surface area contributed by atoms with E-state index >= 15 is 0 Å². The van der Waals surface area contributed by atoms with Crippen molar-refractivity contribution in [1.29, 1.82) is 0 Å². The molecule has 24 heavy (non-hydrogen) atoms. The largest absolute Gasteiger partial charge is 0.349 e. The van der Waals surface area contributed by atoms with Crippen LogP contribution in [0.25, 0.3) is 0 Å². The lowest BCUT2D eigenvalue weighted by molar-refractivity contribution is -0.141. The average molecular weight is 330 g/mol. The first-order valence-corrected chi connectivity index (χ1v) is 8.90. The van der Waals surface area contributed by atoms with Gasteiger partial charge < -0.3 is 10.2 Å². The van der Waals surface area contributed by atoms with E-state index in [2.05, 4.69) is 15.3 Å². The Morgan fingerprint density at radius 3 is 2.25 bits per heavy atom. The highest BCUT2D eigenvalue weighted by Crippen LogP contribution is 2.30. The predicted octanol–water partition coefficient (Wildman–Crippen LogP) is 1.75. The molecule has 1 saturated heterocycles. The zero-order valence-electron chi connectivity index (χ0n) is 14.5. The number of carbonyl (C=O) groups is 2. The van der Waals surface area contributed by atoms with Crippen molar-refractivity contribution in [2.45, 2.75) is 52.5 Å². The Balaban J connectivity index is 1.45. The van der Waals surface area contributed by atoms with E-state index in [4.69, 9.17) is 0 Å². The van der Waals surface area contributed by atoms with E-state index < -0.39 is 0 Å². The molecule has 3 rings (SSSR count). The van der Waals surface area contributed by atoms with Crippen LogP contribution in [0.3, 0.4) is 0 Å². The lowest BCUT2D eigenvalue weighted by atomic mass is 9.83. The minimum atomic E-state index is -0.0126. The molecule has 2 aliphatic rings. The first-order valence-electron chi connectivity index (χ1n) is 8.90. The molecule has 6 nitrogen and oxygen atoms in total. The fourth-order valence-corrected chi connectivity index (χ4v) is 3.46. The summed E-state index contributed by atoms with van der Waals surface area (Å²) in [4.78, 5) is 35.2. The summed E-state index contributed by atoms with van der Waals surface area (Å²) in [6.07, 6.45) is 4.75. The summed E-state index contributed by atoms with van der Waals surface area (Å²) < 4.78 is 0. The van der Waals surface area contributed by atoms with Crippen LogP contribution in [-0.2, 0) is 16.1 Å². The van der Waals surface area contributed by atoms with Gasteiger partial charge in [-0.3, -0.25) is 9.59 Å². The zero-order valence-corrected chi connectivity index (χ0v) is 14.5. The van der Waals surface area contributed by atoms with E-state index in [1.165, 1.54) is 6.42 Å². The second-order valence-corrected chi connectivity index (χ2v) is 7.01. The number of amides is 2. The molecular weight excluding hydrogens is 304 g/mol. The van der Waals surface area contributed by atoms with Crippen molar-refractivity contribution in [3.63, 3.8) is 0 Å². The quantitative estimate of drug-likeness (QED) is 0.912. The van der Waals surface area contributed by atoms with Crippen LogP contribution in [0.2, 0.25) is 0 Å². The van der Waals surface area contributed by atoms with Gasteiger partial charge in [-0.25, -0.2) is 9.97 Å². The summed E-state index contributed by atoms with van der Waals surface area (Å²) in [6, 6.07) is 1.92. The van der Waals surface area contributed by atoms with Gasteiger partial charge >= 0.3 is 0 Å². The van der Waals surface area contributed by atoms with Crippen molar-refractivity contribution < 1.29 is 9.59 Å². The van der Waals surface area contributed by atoms with E-state index in [0.717, 1.165) is 37.1 Å². The molecule has 2 heterocycles. The SMILES string of the molecule is Cc1cc(C)nc(CNC(=O)C2CCN(C(=O)C3CCC3)CC2)n1. The summed E-state index contributed by atoms with van der Waals surface area (Å²) in [6.45, 7) is 5.62. The fraction of sp³-hybridized carbons (Fsp3) is 0.667. The summed E-state index contributed by atoms with van der Waals surface area (Å²) >= 11 is 0. The number of carbonyl (C=O) groups excluding carboxylic acids is 2. The standard InChI is InChI=1S/C18H26N4O2/c1-12-10-13(2)21-16(20-12)11-19-17(23)14-6-8-22(9-7-14)18(24)15-4-3-5-15/h10,14-15H,3-9,11H2,1-2H3,(H,19,23). The second-order valence-electron chi connectivity index (χ2n) is 7.01. The average Bonchev–Trinajstić information content (AvgIpc) is 2.50. The summed E-state index contributed by atoms with van der Waals surface area (Å²) in [5, 5.41) is 2.94. The van der Waals surface area contributed by atoms with E-state index in [-0.39, 0.29) is 17.7 Å². The summed E-state index contributed by atoms with van der Waals surface area (Å²) in [5.41, 5.74) is 1.82. The highest BCUT2D eigenvalue weighted by Gasteiger charge is 2.33. The Kier molecular flexibility index (Phi) is 5.11. The molecule has 130 valence electrons. The molecule has 0 radical (unpaired) electrons. The van der Waals surface area contributed by atoms with Gasteiger partial charge in [0, 0.05) is 36.3 Å². The topological polar surface area (TPSA) is 75.2 Å². The summed E-state index contributed by atoms with van der Waals surface area (Å²) in [7, 11) is 0. The lowest BCUT2D eigenvalue weighted by Crippen LogP contribution is -2.46. The number of likely N-dealkylation sites (tertiary alicyclic amines) is 1. The van der Waals surface area contributed by atoms with Gasteiger partial charge in [0.1, 0.15) is 5.82 Å². The van der Waals surface area contributed by atoms with Crippen molar-refractivity contribution in [3.05, 3.63) is 23.3 Å². The molecule has 0 atom stereocenters. The van der Waals surface area contributed by atoms with Crippen LogP contribution in [0.1, 0.15) is 49.3 Å². The highest BCUT2D eigenvalue weighted by molar-refractivity contribution is 5.81. The van der Waals surface area contributed by atoms with Crippen molar-refractivity contribution in [2.24, 2.45) is 11.8 Å². The summed E-state index contributed by atoms with van der Waals surface area (Å²) in [5.74, 6) is 1.23. The lowest BCUT2D eigenvalue weighted by Gasteiger charge is -2.36. The van der Waals surface area contributed by atoms with Crippen molar-refractivity contribution in [3.8, 4) is 0 Å². The van der Waals surface area contributed by atoms with Crippen LogP contribution in [0.5, 0.6) is 0 Å². The third-order valence-corrected chi connectivity index (χ3v) is 5.08. The van der Waals surface area contributed by atoms with E-state index in [9.17, 15) is 9.59 Å². The molecule has 1 aliphatic heterocycles. The number of hydrogen-bond acceptors (Lipinski definition) is 4. The molecule has 2 fully saturated rings. The Morgan fingerprint density at radius 2 is 1.71 bits per heavy atom. The third kappa shape index (κ3) is 3.91. The Bertz CT molecular complexity index is 599. The molecule has 1 saturated carbocycles. The first kappa shape index (κ1) is 16.9. The van der Waals surface area contributed by atoms with Crippen LogP contribution < -0.4 is 5.32 Å². The van der Waals surface area contributed by atoms with Gasteiger partial charge in [0.25, 0.3) is 0 Å². The van der Waals surface area contributed by atoms with Gasteiger partial charge in [-0.2, -0.15) is 0 Å². The maximum Gasteiger partial charge on any atom is 0.225 e. The molecule has 1 N–H and O–H groups in total. The minimum Gasteiger partial charge on any atom is -0.349 e. The van der Waals surface area contributed by atoms with Gasteiger partial charge in [-0.05, 0) is 45.6 Å². The van der Waals surface area contributed by atoms with E-state index in [0.29, 0.717) is 31.4 Å². The molecule has 0 spiro atoms. The second kappa shape index (κ2) is 7.28. The number of nitrogens with zero attached hydrogens (tertiary/aromatic N) is 3. The number of hydrogen-bond donors (Lipinski definition) is 1. The Morgan fingerprint density at radius 1 is 1.08 bits per heavy atom. The molecule has 2 amide bonds. The van der Waals surface area contributed by atoms with E-state index in [1.54, 1.807) is 0 Å². The van der Waals surface area contributed by atoms with Crippen molar-refractivity contribution in [1.82, 2.24) is 20.2 Å². The number of rotatable bonds is 4. The molecule has 0 unspecified atom stereocenters. The highest BCUT2D eigenvalue weighted by atomic mass is 16.2. The molecule has 1 aliphatic carbocycles. The molecule has 1 aromatic heterocycles. The van der Waals surface area contributed by atoms with Crippen LogP contribution in [-0.4, -0.2) is 39.8 Å². The third-order valence-electron chi connectivity index (χ3n) is 5.08. The fourth-order valence-electron chi connectivity index (χ4n) is 3.46. The maximum absolute atomic E-state index is 12.3. The Hall–Kier alpha value is -1.98. The number of piperidine rings is 1. The molecular formula is C18H26N4O2. The number of aryl methyl sites for hydroxylation is 2. The van der Waals surface area contributed by atoms with Crippen LogP contribution in [0.4, 0.5) is 0 Å². The van der Waals surface area contributed by atoms with Crippen LogP contribution in [0.15, 0.2) is 6.07 Å². The zero-order chi connectivity index (χ0) is 17.1. The van der Waals surface area contributed by atoms with Crippen LogP contribution >= 0.6 is 0 Å². The van der Waals surface area contributed by atoms with Gasteiger partial charge in [-0.15, -0.1) is 0 Å². The van der Waals surface area contributed by atoms with Crippen molar-refractivity contribution >= 4 is 11.8 Å². The van der Waals surface area contributed by atoms with Crippen LogP contribution in [0, 0.1) is 25.7 Å². The number of nitrogens with one attached hydrogen (secondary N) is 1. The van der Waals surface area contributed by atoms with Gasteiger partial charge in [-0.1, -0.05) is 6.42 Å². The van der Waals surface area contributed by atoms with Crippen molar-refractivity contribution in [2.75, 3.05) is 13.1 Å². The van der Waals surface area contributed by atoms with Gasteiger partial charge in [0.05, 0.1) is 6.54 Å². The van der Waals surface area contributed by atoms with E-state index in [1.807, 2.05) is 24.8 Å². The monoisotopic (exact) mass is 330 g/mol. The normalized spacial score (nSPS) is 19.0. The smallest absolute Gasteiger partial charge is 0.225 e. The molecule has 0 bridgehead atoms. The predicted molar refractivity (Wildman–Crippen MR) is 90.0 cm³/mol.